The molecule has 0 bridgehead atoms. The molecule has 582 valence electrons. The van der Waals surface area contributed by atoms with E-state index in [-0.39, 0.29) is 0 Å². The number of nitrogens with zero attached hydrogens (tertiary/aromatic N) is 2. The van der Waals surface area contributed by atoms with Crippen LogP contribution in [0, 0.1) is 0 Å². The average molecular weight is 1610 g/mol. The van der Waals surface area contributed by atoms with Gasteiger partial charge >= 0.3 is 0 Å². The van der Waals surface area contributed by atoms with Crippen LogP contribution in [0.1, 0.15) is 0 Å². The summed E-state index contributed by atoms with van der Waals surface area (Å²) < 4.78 is 18.4. The number of benzene rings is 20. The van der Waals surface area contributed by atoms with Crippen molar-refractivity contribution < 1.29 is 8.83 Å². The molecule has 4 heterocycles. The van der Waals surface area contributed by atoms with Crippen molar-refractivity contribution in [2.75, 3.05) is 0 Å². The zero-order valence-electron chi connectivity index (χ0n) is 67.9. The Morgan fingerprint density at radius 2 is 0.468 bits per heavy atom. The third-order valence-corrected chi connectivity index (χ3v) is 35.1. The Hall–Kier alpha value is -15.7. The predicted molar refractivity (Wildman–Crippen MR) is 528 cm³/mol. The maximum absolute atomic E-state index is 6.78. The fourth-order valence-electron chi connectivity index (χ4n) is 20.1. The van der Waals surface area contributed by atoms with Gasteiger partial charge in [-0.25, -0.2) is 0 Å². The highest BCUT2D eigenvalue weighted by Gasteiger charge is 2.44. The molecule has 0 aliphatic carbocycles. The van der Waals surface area contributed by atoms with Gasteiger partial charge in [-0.15, -0.1) is 0 Å². The van der Waals surface area contributed by atoms with Crippen molar-refractivity contribution in [3.05, 3.63) is 485 Å². The van der Waals surface area contributed by atoms with Crippen molar-refractivity contribution in [2.45, 2.75) is 0 Å². The van der Waals surface area contributed by atoms with Gasteiger partial charge in [-0.3, -0.25) is 0 Å². The van der Waals surface area contributed by atoms with Crippen LogP contribution in [0.3, 0.4) is 0 Å². The first-order chi connectivity index (χ1) is 61.5. The first-order valence-corrected chi connectivity index (χ1v) is 46.7. The molecule has 0 spiro atoms. The summed E-state index contributed by atoms with van der Waals surface area (Å²) in [6.07, 6.45) is 0. The first-order valence-electron chi connectivity index (χ1n) is 42.7. The highest BCUT2D eigenvalue weighted by molar-refractivity contribution is 7.20. The molecule has 24 aromatic rings. The topological polar surface area (TPSA) is 36.1 Å². The normalized spacial score (nSPS) is 11.9. The molecule has 0 atom stereocenters. The molecule has 20 aromatic carbocycles. The number of furan rings is 2. The first kappa shape index (κ1) is 73.4. The Bertz CT molecular complexity index is 7990. The van der Waals surface area contributed by atoms with Crippen LogP contribution in [-0.4, -0.2) is 25.3 Å². The summed E-state index contributed by atoms with van der Waals surface area (Å²) in [4.78, 5) is 0. The minimum Gasteiger partial charge on any atom is -0.455 e. The molecule has 0 aliphatic heterocycles. The summed E-state index contributed by atoms with van der Waals surface area (Å²) in [5, 5.41) is 22.6. The van der Waals surface area contributed by atoms with Gasteiger partial charge in [0.15, 0.2) is 16.1 Å². The second-order valence-corrected chi connectivity index (χ2v) is 40.1. The van der Waals surface area contributed by atoms with E-state index in [4.69, 9.17) is 8.83 Å². The molecule has 4 aromatic heterocycles. The average Bonchev–Trinajstić information content (AvgIpc) is 1.04. The van der Waals surface area contributed by atoms with Crippen molar-refractivity contribution in [2.24, 2.45) is 0 Å². The van der Waals surface area contributed by atoms with Crippen LogP contribution in [0.25, 0.3) is 165 Å². The quantitative estimate of drug-likeness (QED) is 0.0758. The van der Waals surface area contributed by atoms with Crippen LogP contribution in [0.15, 0.2) is 494 Å². The van der Waals surface area contributed by atoms with Crippen LogP contribution >= 0.6 is 0 Å². The number of fused-ring (bicyclic) bond motifs is 13. The van der Waals surface area contributed by atoms with Crippen LogP contribution in [0.2, 0.25) is 0 Å². The zero-order valence-corrected chi connectivity index (χ0v) is 69.9. The summed E-state index contributed by atoms with van der Waals surface area (Å²) in [7, 11) is -6.05. The Morgan fingerprint density at radius 3 is 0.895 bits per heavy atom. The number of aromatic nitrogens is 2. The number of hydrogen-bond donors (Lipinski definition) is 0. The Morgan fingerprint density at radius 1 is 0.161 bits per heavy atom. The van der Waals surface area contributed by atoms with Gasteiger partial charge in [-0.05, 0) is 170 Å². The van der Waals surface area contributed by atoms with Gasteiger partial charge in [0.1, 0.15) is 22.3 Å². The lowest BCUT2D eigenvalue weighted by molar-refractivity contribution is 0.669. The van der Waals surface area contributed by atoms with E-state index in [2.05, 4.69) is 494 Å². The molecule has 0 amide bonds. The smallest absolute Gasteiger partial charge is 0.179 e. The number of para-hydroxylation sites is 8. The van der Waals surface area contributed by atoms with E-state index in [1.54, 1.807) is 0 Å². The van der Waals surface area contributed by atoms with Gasteiger partial charge in [-0.1, -0.05) is 413 Å². The minimum absolute atomic E-state index is 0.894. The monoisotopic (exact) mass is 1610 g/mol. The molecule has 0 saturated carbocycles. The molecule has 0 fully saturated rings. The number of hydrogen-bond acceptors (Lipinski definition) is 2. The van der Waals surface area contributed by atoms with E-state index >= 15 is 0 Å². The minimum atomic E-state index is -3.03. The highest BCUT2D eigenvalue weighted by atomic mass is 28.3. The standard InChI is InChI=1S/C60H41NOSi.C58H39NOSi/c1-4-18-42(19-5-1)43-34-36-50(37-35-43)63(48-22-6-2-7-23-48,49-24-8-3-9-25-49)51-40-45(38-46(41-51)52-29-17-30-56-55-28-12-15-33-59(55)62-60(52)56)44-20-16-21-47(39-44)61-57-31-13-10-26-53(57)54-27-11-14-32-58(54)61;1-3-21-46(22-4-1)61(47-23-5-2-6-24-47,48-34-33-40-17-7-8-18-42(40)37-48)49-38-43(35-44(39-49)50-28-16-29-54-53-27-11-14-32-57(53)60-58(50)54)41-19-15-20-45(36-41)59-55-30-12-9-25-51(55)52-26-10-13-31-56(52)59/h1-41H;1-39H. The fraction of sp³-hybridized carbons (Fsp3) is 0. The molecule has 0 saturated heterocycles. The second-order valence-electron chi connectivity index (χ2n) is 32.5. The molecular weight excluding hydrogens is 1530 g/mol. The summed E-state index contributed by atoms with van der Waals surface area (Å²) in [5.41, 5.74) is 22.1. The van der Waals surface area contributed by atoms with Gasteiger partial charge < -0.3 is 18.0 Å². The second kappa shape index (κ2) is 30.8. The van der Waals surface area contributed by atoms with Crippen molar-refractivity contribution >= 4 is 156 Å². The predicted octanol–water partition coefficient (Wildman–Crippen LogP) is 25.6. The Labute approximate surface area is 721 Å². The van der Waals surface area contributed by atoms with E-state index in [0.717, 1.165) is 99.8 Å². The highest BCUT2D eigenvalue weighted by Crippen LogP contribution is 2.42. The molecular formula is C118H80N2O2Si2. The van der Waals surface area contributed by atoms with Crippen molar-refractivity contribution in [1.29, 1.82) is 0 Å². The van der Waals surface area contributed by atoms with Crippen molar-refractivity contribution in [3.8, 4) is 67.0 Å². The van der Waals surface area contributed by atoms with Crippen molar-refractivity contribution in [3.63, 3.8) is 0 Å². The third kappa shape index (κ3) is 12.4. The molecule has 4 nitrogen and oxygen atoms in total. The van der Waals surface area contributed by atoms with E-state index in [1.165, 1.54) is 107 Å². The number of rotatable bonds is 15. The lowest BCUT2D eigenvalue weighted by atomic mass is 9.97. The van der Waals surface area contributed by atoms with E-state index in [9.17, 15) is 0 Å². The Kier molecular flexibility index (Phi) is 18.3. The van der Waals surface area contributed by atoms with Crippen LogP contribution in [0.4, 0.5) is 0 Å². The maximum atomic E-state index is 6.78. The van der Waals surface area contributed by atoms with Gasteiger partial charge in [0.05, 0.1) is 22.1 Å². The summed E-state index contributed by atoms with van der Waals surface area (Å²) in [6, 6.07) is 179. The van der Waals surface area contributed by atoms with E-state index in [0.29, 0.717) is 0 Å². The van der Waals surface area contributed by atoms with Gasteiger partial charge in [-0.2, -0.15) is 0 Å². The van der Waals surface area contributed by atoms with E-state index in [1.807, 2.05) is 0 Å². The summed E-state index contributed by atoms with van der Waals surface area (Å²) >= 11 is 0. The molecule has 124 heavy (non-hydrogen) atoms. The summed E-state index contributed by atoms with van der Waals surface area (Å²) in [6.45, 7) is 0. The molecule has 0 aliphatic rings. The largest absolute Gasteiger partial charge is 0.455 e. The van der Waals surface area contributed by atoms with E-state index < -0.39 is 16.1 Å². The van der Waals surface area contributed by atoms with Gasteiger partial charge in [0.2, 0.25) is 0 Å². The lowest BCUT2D eigenvalue weighted by Gasteiger charge is -2.35. The lowest BCUT2D eigenvalue weighted by Crippen LogP contribution is -2.74. The molecule has 24 rings (SSSR count). The van der Waals surface area contributed by atoms with Gasteiger partial charge in [0.25, 0.3) is 0 Å². The maximum Gasteiger partial charge on any atom is 0.179 e. The Balaban J connectivity index is 0.000000143. The molecule has 0 unspecified atom stereocenters. The molecule has 0 N–H and O–H groups in total. The molecule has 0 radical (unpaired) electrons. The van der Waals surface area contributed by atoms with Crippen molar-refractivity contribution in [1.82, 2.24) is 9.13 Å². The van der Waals surface area contributed by atoms with Crippen LogP contribution in [0.5, 0.6) is 0 Å². The third-order valence-electron chi connectivity index (χ3n) is 25.6. The fourth-order valence-corrected chi connectivity index (χ4v) is 29.7. The van der Waals surface area contributed by atoms with Crippen LogP contribution < -0.4 is 41.5 Å². The summed E-state index contributed by atoms with van der Waals surface area (Å²) in [5.74, 6) is 0. The van der Waals surface area contributed by atoms with Gasteiger partial charge in [0, 0.05) is 65.6 Å². The SMILES string of the molecule is c1ccc(-c2ccc([Si](c3ccccc3)(c3ccccc3)c3cc(-c4cccc(-n5c6ccccc6c6ccccc65)c4)cc(-c4cccc5c4oc4ccccc45)c3)cc2)cc1.c1ccc([Si](c2ccccc2)(c2cc(-c3cccc(-n4c5ccccc5c5ccccc54)c3)cc(-c3cccc4c3oc3ccccc34)c2)c2ccc3ccccc3c2)cc1. The van der Waals surface area contributed by atoms with Crippen LogP contribution in [-0.2, 0) is 0 Å². The zero-order chi connectivity index (χ0) is 82.1. The molecule has 6 heteroatoms.